The van der Waals surface area contributed by atoms with Crippen molar-refractivity contribution >= 4 is 27.1 Å². The van der Waals surface area contributed by atoms with Gasteiger partial charge >= 0.3 is 0 Å². The predicted molar refractivity (Wildman–Crippen MR) is 106 cm³/mol. The van der Waals surface area contributed by atoms with Gasteiger partial charge in [0.05, 0.1) is 23.7 Å². The first-order chi connectivity index (χ1) is 13.4. The molecule has 28 heavy (non-hydrogen) atoms. The molecule has 4 rings (SSSR count). The van der Waals surface area contributed by atoms with Gasteiger partial charge in [-0.1, -0.05) is 23.7 Å². The summed E-state index contributed by atoms with van der Waals surface area (Å²) < 4.78 is 25.6. The molecule has 1 aromatic carbocycles. The van der Waals surface area contributed by atoms with E-state index in [9.17, 15) is 13.5 Å². The number of pyridine rings is 1. The van der Waals surface area contributed by atoms with Gasteiger partial charge in [-0.15, -0.1) is 0 Å². The van der Waals surface area contributed by atoms with Crippen molar-refractivity contribution in [2.24, 2.45) is 0 Å². The van der Waals surface area contributed by atoms with Crippen LogP contribution in [-0.4, -0.2) is 39.1 Å². The van der Waals surface area contributed by atoms with E-state index in [1.54, 1.807) is 40.9 Å². The Hall–Kier alpha value is -2.81. The van der Waals surface area contributed by atoms with E-state index in [0.29, 0.717) is 33.3 Å². The van der Waals surface area contributed by atoms with Gasteiger partial charge in [-0.05, 0) is 35.9 Å². The van der Waals surface area contributed by atoms with Crippen molar-refractivity contribution in [3.8, 4) is 22.6 Å². The van der Waals surface area contributed by atoms with Crippen LogP contribution in [0.25, 0.3) is 28.3 Å². The van der Waals surface area contributed by atoms with Crippen LogP contribution in [0.15, 0.2) is 60.0 Å². The number of sulfone groups is 1. The number of fused-ring (bicyclic) bond motifs is 1. The minimum Gasteiger partial charge on any atom is -0.392 e. The molecule has 3 aromatic heterocycles. The molecule has 0 saturated carbocycles. The molecule has 0 fully saturated rings. The lowest BCUT2D eigenvalue weighted by Crippen LogP contribution is -2.05. The smallest absolute Gasteiger partial charge is 0.247 e. The van der Waals surface area contributed by atoms with Crippen molar-refractivity contribution in [1.82, 2.24) is 19.4 Å². The van der Waals surface area contributed by atoms with E-state index in [0.717, 1.165) is 11.8 Å². The molecular weight excluding hydrogens is 400 g/mol. The second-order valence-corrected chi connectivity index (χ2v) is 8.58. The number of imidazole rings is 1. The Kier molecular flexibility index (Phi) is 4.62. The molecule has 0 aliphatic carbocycles. The van der Waals surface area contributed by atoms with Crippen LogP contribution in [0.4, 0.5) is 0 Å². The Bertz CT molecular complexity index is 1280. The number of aliphatic hydroxyl groups excluding tert-OH is 1. The second-order valence-electron chi connectivity index (χ2n) is 6.23. The first-order valence-corrected chi connectivity index (χ1v) is 10.5. The summed E-state index contributed by atoms with van der Waals surface area (Å²) in [5, 5.41) is 9.76. The van der Waals surface area contributed by atoms with Crippen molar-refractivity contribution in [3.63, 3.8) is 0 Å². The molecule has 0 saturated heterocycles. The molecule has 0 aliphatic rings. The fraction of sp³-hybridized carbons (Fsp3) is 0.105. The highest BCUT2D eigenvalue weighted by Gasteiger charge is 2.20. The summed E-state index contributed by atoms with van der Waals surface area (Å²) in [6.45, 7) is -0.110. The molecule has 0 unspecified atom stereocenters. The lowest BCUT2D eigenvalue weighted by molar-refractivity contribution is 0.282. The van der Waals surface area contributed by atoms with Crippen LogP contribution < -0.4 is 0 Å². The fourth-order valence-corrected chi connectivity index (χ4v) is 3.53. The average molecular weight is 415 g/mol. The van der Waals surface area contributed by atoms with Gasteiger partial charge in [0.1, 0.15) is 5.65 Å². The second kappa shape index (κ2) is 6.97. The molecule has 7 nitrogen and oxygen atoms in total. The molecule has 4 aromatic rings. The van der Waals surface area contributed by atoms with E-state index in [4.69, 9.17) is 11.6 Å². The van der Waals surface area contributed by atoms with Crippen LogP contribution in [0, 0.1) is 0 Å². The number of nitrogens with zero attached hydrogens (tertiary/aromatic N) is 4. The third-order valence-corrected chi connectivity index (χ3v) is 5.31. The van der Waals surface area contributed by atoms with Crippen LogP contribution >= 0.6 is 11.6 Å². The van der Waals surface area contributed by atoms with Crippen molar-refractivity contribution in [3.05, 3.63) is 65.4 Å². The van der Waals surface area contributed by atoms with Crippen molar-refractivity contribution in [2.45, 2.75) is 11.8 Å². The van der Waals surface area contributed by atoms with Gasteiger partial charge in [-0.25, -0.2) is 23.4 Å². The Morgan fingerprint density at radius 2 is 1.86 bits per heavy atom. The van der Waals surface area contributed by atoms with Crippen LogP contribution in [0.2, 0.25) is 5.02 Å². The molecule has 142 valence electrons. The Morgan fingerprint density at radius 1 is 1.11 bits per heavy atom. The number of aromatic nitrogens is 4. The molecule has 9 heteroatoms. The zero-order valence-corrected chi connectivity index (χ0v) is 16.3. The van der Waals surface area contributed by atoms with Gasteiger partial charge in [0, 0.05) is 29.2 Å². The first-order valence-electron chi connectivity index (χ1n) is 8.28. The summed E-state index contributed by atoms with van der Waals surface area (Å²) in [6, 6.07) is 12.3. The van der Waals surface area contributed by atoms with Crippen molar-refractivity contribution < 1.29 is 13.5 Å². The summed E-state index contributed by atoms with van der Waals surface area (Å²) in [4.78, 5) is 12.8. The summed E-state index contributed by atoms with van der Waals surface area (Å²) in [7, 11) is -3.57. The lowest BCUT2D eigenvalue weighted by Gasteiger charge is -2.07. The van der Waals surface area contributed by atoms with E-state index in [1.165, 1.54) is 6.20 Å². The van der Waals surface area contributed by atoms with Crippen LogP contribution in [-0.2, 0) is 16.4 Å². The molecule has 0 spiro atoms. The number of hydrogen-bond donors (Lipinski definition) is 1. The van der Waals surface area contributed by atoms with Gasteiger partial charge in [0.2, 0.25) is 15.0 Å². The molecule has 0 aliphatic heterocycles. The number of rotatable bonds is 4. The number of aliphatic hydroxyl groups is 1. The number of benzene rings is 1. The Balaban J connectivity index is 2.03. The monoisotopic (exact) mass is 414 g/mol. The summed E-state index contributed by atoms with van der Waals surface area (Å²) in [5.41, 5.74) is 3.77. The normalized spacial score (nSPS) is 11.8. The predicted octanol–water partition coefficient (Wildman–Crippen LogP) is 3.01. The quantitative estimate of drug-likeness (QED) is 0.515. The fourth-order valence-electron chi connectivity index (χ4n) is 2.89. The minimum absolute atomic E-state index is 0.110. The number of hydrogen-bond acceptors (Lipinski definition) is 6. The zero-order valence-electron chi connectivity index (χ0n) is 14.7. The maximum Gasteiger partial charge on any atom is 0.247 e. The SMILES string of the molecule is CS(=O)(=O)c1nccc(-c2c(-c3ccc(Cl)cc3)nc3cc(CO)ccn23)n1. The molecule has 0 radical (unpaired) electrons. The minimum atomic E-state index is -3.57. The van der Waals surface area contributed by atoms with Crippen molar-refractivity contribution in [1.29, 1.82) is 0 Å². The molecule has 0 bridgehead atoms. The van der Waals surface area contributed by atoms with E-state index >= 15 is 0 Å². The Labute approximate surface area is 166 Å². The average Bonchev–Trinajstić information content (AvgIpc) is 3.06. The van der Waals surface area contributed by atoms with Gasteiger partial charge in [-0.3, -0.25) is 4.40 Å². The largest absolute Gasteiger partial charge is 0.392 e. The summed E-state index contributed by atoms with van der Waals surface area (Å²) in [6.07, 6.45) is 4.24. The van der Waals surface area contributed by atoms with Gasteiger partial charge < -0.3 is 5.11 Å². The molecule has 0 atom stereocenters. The van der Waals surface area contributed by atoms with Crippen LogP contribution in [0.5, 0.6) is 0 Å². The van der Waals surface area contributed by atoms with E-state index in [2.05, 4.69) is 15.0 Å². The third-order valence-electron chi connectivity index (χ3n) is 4.20. The molecule has 3 heterocycles. The summed E-state index contributed by atoms with van der Waals surface area (Å²) >= 11 is 6.00. The van der Waals surface area contributed by atoms with E-state index < -0.39 is 9.84 Å². The number of halogens is 1. The first kappa shape index (κ1) is 18.5. The third kappa shape index (κ3) is 3.37. The topological polar surface area (TPSA) is 97.5 Å². The zero-order chi connectivity index (χ0) is 19.9. The lowest BCUT2D eigenvalue weighted by atomic mass is 10.1. The van der Waals surface area contributed by atoms with Crippen LogP contribution in [0.1, 0.15) is 5.56 Å². The molecular formula is C19H15ClN4O3S. The Morgan fingerprint density at radius 3 is 2.54 bits per heavy atom. The van der Waals surface area contributed by atoms with Crippen LogP contribution in [0.3, 0.4) is 0 Å². The highest BCUT2D eigenvalue weighted by atomic mass is 35.5. The van der Waals surface area contributed by atoms with Gasteiger partial charge in [-0.2, -0.15) is 0 Å². The highest BCUT2D eigenvalue weighted by molar-refractivity contribution is 7.90. The van der Waals surface area contributed by atoms with Gasteiger partial charge in [0.15, 0.2) is 0 Å². The van der Waals surface area contributed by atoms with E-state index in [-0.39, 0.29) is 11.8 Å². The molecule has 0 amide bonds. The van der Waals surface area contributed by atoms with Crippen molar-refractivity contribution in [2.75, 3.05) is 6.26 Å². The highest BCUT2D eigenvalue weighted by Crippen LogP contribution is 2.32. The van der Waals surface area contributed by atoms with Gasteiger partial charge in [0.25, 0.3) is 0 Å². The molecule has 1 N–H and O–H groups in total. The van der Waals surface area contributed by atoms with E-state index in [1.807, 2.05) is 12.1 Å². The maximum absolute atomic E-state index is 11.9. The standard InChI is InChI=1S/C19H15ClN4O3S/c1-28(26,27)19-21-8-6-15(22-19)18-17(13-2-4-14(20)5-3-13)23-16-10-12(11-25)7-9-24(16)18/h2-10,25H,11H2,1H3. The summed E-state index contributed by atoms with van der Waals surface area (Å²) in [5.74, 6) is 0. The maximum atomic E-state index is 11.9.